The van der Waals surface area contributed by atoms with Gasteiger partial charge in [0.05, 0.1) is 6.42 Å². The largest absolute Gasteiger partial charge is 0.352 e. The molecule has 1 N–H and O–H groups in total. The van der Waals surface area contributed by atoms with Gasteiger partial charge in [0, 0.05) is 32.7 Å². The first kappa shape index (κ1) is 24.2. The first-order chi connectivity index (χ1) is 14.7. The third kappa shape index (κ3) is 6.52. The number of nitrogens with one attached hydrogen (secondary N) is 1. The van der Waals surface area contributed by atoms with E-state index in [9.17, 15) is 9.59 Å². The summed E-state index contributed by atoms with van der Waals surface area (Å²) in [6.07, 6.45) is 4.20. The second kappa shape index (κ2) is 10.9. The maximum Gasteiger partial charge on any atom is 0.242 e. The lowest BCUT2D eigenvalue weighted by molar-refractivity contribution is -0.140. The summed E-state index contributed by atoms with van der Waals surface area (Å²) in [7, 11) is 0. The van der Waals surface area contributed by atoms with Gasteiger partial charge in [-0.3, -0.25) is 9.59 Å². The quantitative estimate of drug-likeness (QED) is 0.482. The molecule has 0 bridgehead atoms. The molecule has 0 radical (unpaired) electrons. The Balaban J connectivity index is 1.82. The van der Waals surface area contributed by atoms with Crippen molar-refractivity contribution < 1.29 is 9.59 Å². The molecule has 0 heterocycles. The molecule has 1 unspecified atom stereocenters. The van der Waals surface area contributed by atoms with E-state index in [1.165, 1.54) is 4.90 Å². The van der Waals surface area contributed by atoms with Crippen LogP contribution in [0.3, 0.4) is 0 Å². The average Bonchev–Trinajstić information content (AvgIpc) is 3.22. The van der Waals surface area contributed by atoms with Crippen molar-refractivity contribution >= 4 is 58.2 Å². The molecular weight excluding hydrogens is 478 g/mol. The third-order valence-corrected chi connectivity index (χ3v) is 6.76. The van der Waals surface area contributed by atoms with Crippen molar-refractivity contribution in [1.82, 2.24) is 10.2 Å². The van der Waals surface area contributed by atoms with Crippen LogP contribution in [0.4, 0.5) is 0 Å². The summed E-state index contributed by atoms with van der Waals surface area (Å²) >= 11 is 24.6. The predicted molar refractivity (Wildman–Crippen MR) is 127 cm³/mol. The molecule has 4 nitrogen and oxygen atoms in total. The minimum absolute atomic E-state index is 0.0439. The number of hydrogen-bond donors (Lipinski definition) is 1. The van der Waals surface area contributed by atoms with Crippen molar-refractivity contribution in [2.24, 2.45) is 0 Å². The summed E-state index contributed by atoms with van der Waals surface area (Å²) in [5, 5.41) is 4.93. The molecule has 3 rings (SSSR count). The zero-order valence-corrected chi connectivity index (χ0v) is 20.2. The van der Waals surface area contributed by atoms with Gasteiger partial charge in [-0.05, 0) is 55.2 Å². The fraction of sp³-hybridized carbons (Fsp3) is 0.391. The van der Waals surface area contributed by atoms with Crippen molar-refractivity contribution in [3.05, 3.63) is 67.6 Å². The van der Waals surface area contributed by atoms with Crippen LogP contribution < -0.4 is 5.32 Å². The second-order valence-electron chi connectivity index (χ2n) is 7.84. The molecule has 1 aliphatic carbocycles. The van der Waals surface area contributed by atoms with Crippen LogP contribution in [-0.2, 0) is 22.6 Å². The predicted octanol–water partition coefficient (Wildman–Crippen LogP) is 6.32. The van der Waals surface area contributed by atoms with E-state index in [4.69, 9.17) is 46.4 Å². The lowest BCUT2D eigenvalue weighted by Gasteiger charge is -2.30. The normalized spacial score (nSPS) is 15.0. The first-order valence-corrected chi connectivity index (χ1v) is 11.7. The Morgan fingerprint density at radius 2 is 1.52 bits per heavy atom. The van der Waals surface area contributed by atoms with Crippen LogP contribution >= 0.6 is 46.4 Å². The van der Waals surface area contributed by atoms with E-state index in [0.717, 1.165) is 25.7 Å². The Labute approximate surface area is 202 Å². The molecule has 0 spiro atoms. The van der Waals surface area contributed by atoms with Crippen LogP contribution in [0.15, 0.2) is 36.4 Å². The lowest BCUT2D eigenvalue weighted by Crippen LogP contribution is -2.50. The number of benzene rings is 2. The molecular formula is C23H24Cl4N2O2. The molecule has 0 aromatic heterocycles. The molecule has 1 saturated carbocycles. The first-order valence-electron chi connectivity index (χ1n) is 10.2. The van der Waals surface area contributed by atoms with Gasteiger partial charge in [-0.1, -0.05) is 71.4 Å². The number of halogens is 4. The number of rotatable bonds is 7. The van der Waals surface area contributed by atoms with Crippen molar-refractivity contribution in [2.75, 3.05) is 0 Å². The molecule has 8 heteroatoms. The lowest BCUT2D eigenvalue weighted by atomic mass is 10.1. The van der Waals surface area contributed by atoms with Gasteiger partial charge < -0.3 is 10.2 Å². The molecule has 2 amide bonds. The van der Waals surface area contributed by atoms with Crippen LogP contribution in [0.2, 0.25) is 20.1 Å². The summed E-state index contributed by atoms with van der Waals surface area (Å²) < 4.78 is 0. The average molecular weight is 502 g/mol. The number of carbonyl (C=O) groups excluding carboxylic acids is 2. The van der Waals surface area contributed by atoms with Crippen LogP contribution in [0.5, 0.6) is 0 Å². The van der Waals surface area contributed by atoms with E-state index < -0.39 is 6.04 Å². The van der Waals surface area contributed by atoms with Crippen LogP contribution in [0.25, 0.3) is 0 Å². The van der Waals surface area contributed by atoms with Gasteiger partial charge in [0.15, 0.2) is 0 Å². The Morgan fingerprint density at radius 1 is 0.968 bits per heavy atom. The van der Waals surface area contributed by atoms with E-state index in [2.05, 4.69) is 5.32 Å². The van der Waals surface area contributed by atoms with E-state index in [1.807, 2.05) is 0 Å². The molecule has 1 aliphatic rings. The summed E-state index contributed by atoms with van der Waals surface area (Å²) in [6, 6.07) is 9.60. The molecule has 1 fully saturated rings. The van der Waals surface area contributed by atoms with Crippen LogP contribution in [-0.4, -0.2) is 28.8 Å². The van der Waals surface area contributed by atoms with Crippen molar-refractivity contribution in [1.29, 1.82) is 0 Å². The zero-order valence-electron chi connectivity index (χ0n) is 17.1. The van der Waals surface area contributed by atoms with Gasteiger partial charge in [0.2, 0.25) is 11.8 Å². The number of hydrogen-bond acceptors (Lipinski definition) is 2. The molecule has 2 aromatic rings. The summed E-state index contributed by atoms with van der Waals surface area (Å²) in [5.41, 5.74) is 1.36. The molecule has 2 aromatic carbocycles. The highest BCUT2D eigenvalue weighted by Gasteiger charge is 2.29. The van der Waals surface area contributed by atoms with Crippen molar-refractivity contribution in [3.63, 3.8) is 0 Å². The molecule has 0 saturated heterocycles. The summed E-state index contributed by atoms with van der Waals surface area (Å²) in [4.78, 5) is 27.8. The molecule has 0 aliphatic heterocycles. The van der Waals surface area contributed by atoms with E-state index in [0.29, 0.717) is 31.2 Å². The minimum atomic E-state index is -0.675. The Morgan fingerprint density at radius 3 is 2.06 bits per heavy atom. The highest BCUT2D eigenvalue weighted by molar-refractivity contribution is 6.35. The highest BCUT2D eigenvalue weighted by atomic mass is 35.5. The van der Waals surface area contributed by atoms with Gasteiger partial charge >= 0.3 is 0 Å². The Hall–Kier alpha value is -1.46. The van der Waals surface area contributed by atoms with Gasteiger partial charge in [0.1, 0.15) is 6.04 Å². The molecule has 31 heavy (non-hydrogen) atoms. The zero-order chi connectivity index (χ0) is 22.5. The summed E-state index contributed by atoms with van der Waals surface area (Å²) in [5.74, 6) is -0.406. The third-order valence-electron chi connectivity index (χ3n) is 5.58. The van der Waals surface area contributed by atoms with E-state index in [1.54, 1.807) is 43.3 Å². The Bertz CT molecular complexity index is 961. The molecule has 166 valence electrons. The monoisotopic (exact) mass is 500 g/mol. The number of nitrogens with zero attached hydrogens (tertiary/aromatic N) is 1. The fourth-order valence-corrected chi connectivity index (χ4v) is 4.68. The number of carbonyl (C=O) groups is 2. The summed E-state index contributed by atoms with van der Waals surface area (Å²) in [6.45, 7) is 1.91. The van der Waals surface area contributed by atoms with Gasteiger partial charge in [0.25, 0.3) is 0 Å². The topological polar surface area (TPSA) is 49.4 Å². The van der Waals surface area contributed by atoms with Gasteiger partial charge in [-0.25, -0.2) is 0 Å². The van der Waals surface area contributed by atoms with E-state index in [-0.39, 0.29) is 30.8 Å². The maximum absolute atomic E-state index is 13.3. The van der Waals surface area contributed by atoms with Gasteiger partial charge in [-0.2, -0.15) is 0 Å². The van der Waals surface area contributed by atoms with Gasteiger partial charge in [-0.15, -0.1) is 0 Å². The van der Waals surface area contributed by atoms with Crippen molar-refractivity contribution in [3.8, 4) is 0 Å². The standard InChI is InChI=1S/C23H24Cl4N2O2/c1-14(23(31)28-19-4-2-3-5-19)29(13-16-7-9-18(25)12-21(16)27)22(30)10-15-6-8-17(24)11-20(15)26/h6-9,11-12,14,19H,2-5,10,13H2,1H3,(H,28,31). The van der Waals surface area contributed by atoms with Crippen LogP contribution in [0.1, 0.15) is 43.7 Å². The second-order valence-corrected chi connectivity index (χ2v) is 9.52. The maximum atomic E-state index is 13.3. The fourth-order valence-electron chi connectivity index (χ4n) is 3.74. The van der Waals surface area contributed by atoms with Crippen LogP contribution in [0, 0.1) is 0 Å². The van der Waals surface area contributed by atoms with E-state index >= 15 is 0 Å². The highest BCUT2D eigenvalue weighted by Crippen LogP contribution is 2.26. The SMILES string of the molecule is CC(C(=O)NC1CCCC1)N(Cc1ccc(Cl)cc1Cl)C(=O)Cc1ccc(Cl)cc1Cl. The van der Waals surface area contributed by atoms with Crippen molar-refractivity contribution in [2.45, 2.75) is 57.7 Å². The Kier molecular flexibility index (Phi) is 8.51. The molecule has 1 atom stereocenters. The smallest absolute Gasteiger partial charge is 0.242 e. The number of amides is 2. The minimum Gasteiger partial charge on any atom is -0.352 e.